The van der Waals surface area contributed by atoms with Crippen LogP contribution in [0, 0.1) is 0 Å². The Hall–Kier alpha value is -2.54. The first-order valence-electron chi connectivity index (χ1n) is 10.4. The van der Waals surface area contributed by atoms with Crippen molar-refractivity contribution in [3.05, 3.63) is 28.3 Å². The molecule has 162 valence electrons. The highest BCUT2D eigenvalue weighted by atomic mass is 35.5. The van der Waals surface area contributed by atoms with Gasteiger partial charge >= 0.3 is 6.03 Å². The zero-order chi connectivity index (χ0) is 21.8. The van der Waals surface area contributed by atoms with Gasteiger partial charge in [-0.1, -0.05) is 31.4 Å². The summed E-state index contributed by atoms with van der Waals surface area (Å²) >= 11 is 6.43. The molecule has 2 aliphatic rings. The van der Waals surface area contributed by atoms with Gasteiger partial charge in [0.2, 0.25) is 0 Å². The van der Waals surface area contributed by atoms with Crippen LogP contribution in [0.3, 0.4) is 0 Å². The summed E-state index contributed by atoms with van der Waals surface area (Å²) in [6.45, 7) is 6.18. The van der Waals surface area contributed by atoms with Crippen molar-refractivity contribution >= 4 is 35.5 Å². The molecule has 8 heteroatoms. The van der Waals surface area contributed by atoms with E-state index in [9.17, 15) is 14.4 Å². The maximum absolute atomic E-state index is 13.0. The Morgan fingerprint density at radius 1 is 1.23 bits per heavy atom. The van der Waals surface area contributed by atoms with E-state index in [0.29, 0.717) is 28.7 Å². The van der Waals surface area contributed by atoms with E-state index < -0.39 is 17.8 Å². The number of nitrogens with zero attached hydrogens (tertiary/aromatic N) is 1. The molecule has 1 saturated carbocycles. The molecule has 1 aromatic carbocycles. The summed E-state index contributed by atoms with van der Waals surface area (Å²) in [6, 6.07) is 2.46. The van der Waals surface area contributed by atoms with Crippen LogP contribution in [0.2, 0.25) is 5.02 Å². The SMILES string of the molecule is CCOc1cc(/C=C2\C(=O)NC(=O)N(C3CCCC3)C2=O)cc(Cl)c1O[C@@H](C)CC. The third-order valence-corrected chi connectivity index (χ3v) is 5.64. The van der Waals surface area contributed by atoms with E-state index in [2.05, 4.69) is 5.32 Å². The molecule has 0 radical (unpaired) electrons. The molecule has 4 amide bonds. The predicted octanol–water partition coefficient (Wildman–Crippen LogP) is 4.32. The normalized spacial score (nSPS) is 19.9. The topological polar surface area (TPSA) is 84.9 Å². The third kappa shape index (κ3) is 4.61. The second-order valence-electron chi connectivity index (χ2n) is 7.53. The third-order valence-electron chi connectivity index (χ3n) is 5.36. The molecule has 7 nitrogen and oxygen atoms in total. The lowest BCUT2D eigenvalue weighted by Crippen LogP contribution is -2.57. The molecule has 1 heterocycles. The first kappa shape index (κ1) is 22.2. The van der Waals surface area contributed by atoms with Gasteiger partial charge in [0.25, 0.3) is 11.8 Å². The minimum Gasteiger partial charge on any atom is -0.490 e. The van der Waals surface area contributed by atoms with Crippen LogP contribution >= 0.6 is 11.6 Å². The second-order valence-corrected chi connectivity index (χ2v) is 7.94. The van der Waals surface area contributed by atoms with E-state index in [4.69, 9.17) is 21.1 Å². The Bertz CT molecular complexity index is 877. The van der Waals surface area contributed by atoms with Crippen molar-refractivity contribution < 1.29 is 23.9 Å². The standard InChI is InChI=1S/C22H27ClN2O5/c1-4-13(3)30-19-17(23)11-14(12-18(19)29-5-2)10-16-20(26)24-22(28)25(21(16)27)15-8-6-7-9-15/h10-13,15H,4-9H2,1-3H3,(H,24,26,28)/b16-10+/t13-/m0/s1. The number of carbonyl (C=O) groups is 3. The zero-order valence-electron chi connectivity index (χ0n) is 17.5. The molecular formula is C22H27ClN2O5. The zero-order valence-corrected chi connectivity index (χ0v) is 18.3. The van der Waals surface area contributed by atoms with E-state index in [-0.39, 0.29) is 17.7 Å². The summed E-state index contributed by atoms with van der Waals surface area (Å²) in [6.07, 6.45) is 5.61. The molecule has 0 bridgehead atoms. The monoisotopic (exact) mass is 434 g/mol. The molecule has 1 N–H and O–H groups in total. The summed E-state index contributed by atoms with van der Waals surface area (Å²) in [4.78, 5) is 38.8. The number of nitrogens with one attached hydrogen (secondary N) is 1. The number of ether oxygens (including phenoxy) is 2. The van der Waals surface area contributed by atoms with Crippen molar-refractivity contribution in [2.24, 2.45) is 0 Å². The van der Waals surface area contributed by atoms with Crippen molar-refractivity contribution in [2.45, 2.75) is 65.0 Å². The van der Waals surface area contributed by atoms with Crippen LogP contribution in [-0.2, 0) is 9.59 Å². The van der Waals surface area contributed by atoms with Gasteiger partial charge in [0.05, 0.1) is 17.7 Å². The Labute approximate surface area is 181 Å². The highest BCUT2D eigenvalue weighted by Crippen LogP contribution is 2.38. The highest BCUT2D eigenvalue weighted by Gasteiger charge is 2.40. The molecule has 0 aromatic heterocycles. The van der Waals surface area contributed by atoms with Gasteiger partial charge in [-0.25, -0.2) is 4.79 Å². The average Bonchev–Trinajstić information content (AvgIpc) is 3.22. The minimum absolute atomic E-state index is 0.0532. The minimum atomic E-state index is -0.715. The van der Waals surface area contributed by atoms with Crippen LogP contribution in [-0.4, -0.2) is 41.5 Å². The Kier molecular flexibility index (Phi) is 7.02. The number of carbonyl (C=O) groups excluding carboxylic acids is 3. The van der Waals surface area contributed by atoms with Crippen molar-refractivity contribution in [2.75, 3.05) is 6.61 Å². The van der Waals surface area contributed by atoms with Crippen LogP contribution in [0.5, 0.6) is 11.5 Å². The maximum Gasteiger partial charge on any atom is 0.331 e. The number of halogens is 1. The fraction of sp³-hybridized carbons (Fsp3) is 0.500. The lowest BCUT2D eigenvalue weighted by atomic mass is 10.0. The maximum atomic E-state index is 13.0. The molecule has 0 spiro atoms. The van der Waals surface area contributed by atoms with E-state index in [0.717, 1.165) is 32.1 Å². The molecule has 1 aliphatic carbocycles. The van der Waals surface area contributed by atoms with Crippen molar-refractivity contribution in [1.29, 1.82) is 0 Å². The molecule has 3 rings (SSSR count). The van der Waals surface area contributed by atoms with Crippen molar-refractivity contribution in [1.82, 2.24) is 10.2 Å². The molecule has 0 unspecified atom stereocenters. The molecule has 30 heavy (non-hydrogen) atoms. The molecule has 1 aromatic rings. The van der Waals surface area contributed by atoms with Gasteiger partial charge in [-0.3, -0.25) is 19.8 Å². The van der Waals surface area contributed by atoms with Crippen LogP contribution in [0.25, 0.3) is 6.08 Å². The van der Waals surface area contributed by atoms with Gasteiger partial charge in [0.1, 0.15) is 5.57 Å². The van der Waals surface area contributed by atoms with E-state index in [1.807, 2.05) is 20.8 Å². The molecule has 1 atom stereocenters. The molecule has 1 aliphatic heterocycles. The first-order chi connectivity index (χ1) is 14.3. The van der Waals surface area contributed by atoms with Crippen LogP contribution in [0.15, 0.2) is 17.7 Å². The lowest BCUT2D eigenvalue weighted by Gasteiger charge is -2.31. The van der Waals surface area contributed by atoms with Crippen LogP contribution < -0.4 is 14.8 Å². The Balaban J connectivity index is 1.96. The van der Waals surface area contributed by atoms with Crippen molar-refractivity contribution in [3.8, 4) is 11.5 Å². The first-order valence-corrected chi connectivity index (χ1v) is 10.8. The van der Waals surface area contributed by atoms with Gasteiger partial charge in [-0.05, 0) is 56.9 Å². The van der Waals surface area contributed by atoms with Gasteiger partial charge in [0.15, 0.2) is 11.5 Å². The number of barbiturate groups is 1. The Morgan fingerprint density at radius 3 is 2.57 bits per heavy atom. The van der Waals surface area contributed by atoms with Crippen LogP contribution in [0.1, 0.15) is 58.4 Å². The number of benzene rings is 1. The fourth-order valence-corrected chi connectivity index (χ4v) is 3.93. The summed E-state index contributed by atoms with van der Waals surface area (Å²) in [5.41, 5.74) is 0.412. The van der Waals surface area contributed by atoms with E-state index in [1.165, 1.54) is 11.0 Å². The number of amides is 4. The van der Waals surface area contributed by atoms with Gasteiger partial charge in [-0.2, -0.15) is 0 Å². The molecule has 1 saturated heterocycles. The number of hydrogen-bond acceptors (Lipinski definition) is 5. The molecular weight excluding hydrogens is 408 g/mol. The van der Waals surface area contributed by atoms with E-state index >= 15 is 0 Å². The largest absolute Gasteiger partial charge is 0.490 e. The Morgan fingerprint density at radius 2 is 1.93 bits per heavy atom. The lowest BCUT2D eigenvalue weighted by molar-refractivity contribution is -0.131. The number of imide groups is 2. The van der Waals surface area contributed by atoms with Gasteiger partial charge < -0.3 is 9.47 Å². The summed E-state index contributed by atoms with van der Waals surface area (Å²) in [7, 11) is 0. The second kappa shape index (κ2) is 9.51. The van der Waals surface area contributed by atoms with E-state index in [1.54, 1.807) is 12.1 Å². The smallest absolute Gasteiger partial charge is 0.331 e. The highest BCUT2D eigenvalue weighted by molar-refractivity contribution is 6.33. The van der Waals surface area contributed by atoms with Crippen LogP contribution in [0.4, 0.5) is 4.79 Å². The number of rotatable bonds is 7. The summed E-state index contributed by atoms with van der Waals surface area (Å²) in [5.74, 6) is -0.431. The number of urea groups is 1. The average molecular weight is 435 g/mol. The predicted molar refractivity (Wildman–Crippen MR) is 114 cm³/mol. The summed E-state index contributed by atoms with van der Waals surface area (Å²) < 4.78 is 11.6. The van der Waals surface area contributed by atoms with Crippen molar-refractivity contribution in [3.63, 3.8) is 0 Å². The van der Waals surface area contributed by atoms with Gasteiger partial charge in [0, 0.05) is 6.04 Å². The van der Waals surface area contributed by atoms with Gasteiger partial charge in [-0.15, -0.1) is 0 Å². The summed E-state index contributed by atoms with van der Waals surface area (Å²) in [5, 5.41) is 2.60. The molecule has 2 fully saturated rings. The fourth-order valence-electron chi connectivity index (χ4n) is 3.66. The quantitative estimate of drug-likeness (QED) is 0.510. The number of hydrogen-bond donors (Lipinski definition) is 1.